The van der Waals surface area contributed by atoms with E-state index in [1.54, 1.807) is 12.5 Å². The van der Waals surface area contributed by atoms with Crippen LogP contribution in [0.15, 0.2) is 18.6 Å². The van der Waals surface area contributed by atoms with Crippen LogP contribution in [-0.2, 0) is 5.54 Å². The summed E-state index contributed by atoms with van der Waals surface area (Å²) in [4.78, 5) is 4.10. The monoisotopic (exact) mass is 217 g/mol. The first kappa shape index (κ1) is 9.72. The van der Waals surface area contributed by atoms with Crippen molar-refractivity contribution in [3.63, 3.8) is 0 Å². The molecule has 5 heteroatoms. The summed E-state index contributed by atoms with van der Waals surface area (Å²) in [5, 5.41) is 8.37. The molecule has 1 aliphatic carbocycles. The van der Waals surface area contributed by atoms with E-state index in [0.717, 1.165) is 24.3 Å². The third kappa shape index (κ3) is 1.39. The predicted octanol–water partition coefficient (Wildman–Crippen LogP) is 1.24. The van der Waals surface area contributed by atoms with Crippen LogP contribution < -0.4 is 5.73 Å². The molecular weight excluding hydrogens is 202 g/mol. The summed E-state index contributed by atoms with van der Waals surface area (Å²) in [5.74, 6) is 0.857. The van der Waals surface area contributed by atoms with Crippen molar-refractivity contribution in [2.45, 2.75) is 37.6 Å². The number of hydrogen-bond donors (Lipinski definition) is 1. The molecule has 2 aromatic rings. The van der Waals surface area contributed by atoms with Crippen LogP contribution >= 0.6 is 0 Å². The third-order valence-corrected chi connectivity index (χ3v) is 3.41. The Morgan fingerprint density at radius 2 is 2.00 bits per heavy atom. The second-order valence-corrected chi connectivity index (χ2v) is 4.55. The Kier molecular flexibility index (Phi) is 2.14. The molecule has 0 aliphatic heterocycles. The number of hydrogen-bond acceptors (Lipinski definition) is 4. The quantitative estimate of drug-likeness (QED) is 0.780. The van der Waals surface area contributed by atoms with Crippen LogP contribution in [0.2, 0.25) is 0 Å². The molecule has 0 bridgehead atoms. The zero-order valence-corrected chi connectivity index (χ0v) is 9.13. The van der Waals surface area contributed by atoms with Gasteiger partial charge in [0.1, 0.15) is 6.33 Å². The zero-order chi connectivity index (χ0) is 11.0. The van der Waals surface area contributed by atoms with Gasteiger partial charge in [0.25, 0.3) is 0 Å². The van der Waals surface area contributed by atoms with E-state index < -0.39 is 0 Å². The van der Waals surface area contributed by atoms with Gasteiger partial charge in [-0.3, -0.25) is 4.40 Å². The lowest BCUT2D eigenvalue weighted by molar-refractivity contribution is 0.284. The van der Waals surface area contributed by atoms with Gasteiger partial charge in [-0.2, -0.15) is 0 Å². The molecule has 0 radical (unpaired) electrons. The average Bonchev–Trinajstić information content (AvgIpc) is 2.74. The summed E-state index contributed by atoms with van der Waals surface area (Å²) >= 11 is 0. The summed E-state index contributed by atoms with van der Waals surface area (Å²) < 4.78 is 1.91. The molecule has 16 heavy (non-hydrogen) atoms. The highest BCUT2D eigenvalue weighted by atomic mass is 15.3. The summed E-state index contributed by atoms with van der Waals surface area (Å²) in [6.45, 7) is 0. The van der Waals surface area contributed by atoms with Crippen LogP contribution in [0.5, 0.6) is 0 Å². The number of nitrogens with two attached hydrogens (primary N) is 1. The minimum absolute atomic E-state index is 0.319. The van der Waals surface area contributed by atoms with Gasteiger partial charge >= 0.3 is 0 Å². The summed E-state index contributed by atoms with van der Waals surface area (Å²) in [7, 11) is 0. The first-order valence-electron chi connectivity index (χ1n) is 5.74. The normalized spacial score (nSPS) is 20.1. The minimum atomic E-state index is -0.319. The Morgan fingerprint density at radius 1 is 1.19 bits per heavy atom. The molecule has 2 N–H and O–H groups in total. The van der Waals surface area contributed by atoms with Crippen molar-refractivity contribution < 1.29 is 0 Å². The maximum Gasteiger partial charge on any atom is 0.163 e. The van der Waals surface area contributed by atoms with Gasteiger partial charge in [0, 0.05) is 12.3 Å². The van der Waals surface area contributed by atoms with Gasteiger partial charge in [-0.05, 0) is 12.8 Å². The molecule has 1 aliphatic rings. The van der Waals surface area contributed by atoms with Crippen LogP contribution in [0.3, 0.4) is 0 Å². The van der Waals surface area contributed by atoms with E-state index in [2.05, 4.69) is 15.2 Å². The highest BCUT2D eigenvalue weighted by Gasteiger charge is 2.33. The molecule has 1 saturated carbocycles. The van der Waals surface area contributed by atoms with Crippen molar-refractivity contribution in [1.29, 1.82) is 0 Å². The van der Waals surface area contributed by atoms with Gasteiger partial charge in [0.05, 0.1) is 5.54 Å². The molecule has 3 rings (SSSR count). The van der Waals surface area contributed by atoms with Crippen LogP contribution in [0, 0.1) is 0 Å². The first-order valence-corrected chi connectivity index (χ1v) is 5.74. The average molecular weight is 217 g/mol. The molecule has 1 fully saturated rings. The lowest BCUT2D eigenvalue weighted by atomic mass is 9.82. The van der Waals surface area contributed by atoms with Gasteiger partial charge in [-0.25, -0.2) is 4.98 Å². The van der Waals surface area contributed by atoms with E-state index in [9.17, 15) is 0 Å². The van der Waals surface area contributed by atoms with Crippen LogP contribution in [0.25, 0.3) is 5.65 Å². The van der Waals surface area contributed by atoms with Gasteiger partial charge < -0.3 is 5.73 Å². The fourth-order valence-electron chi connectivity index (χ4n) is 2.49. The second-order valence-electron chi connectivity index (χ2n) is 4.55. The fourth-order valence-corrected chi connectivity index (χ4v) is 2.49. The molecule has 0 unspecified atom stereocenters. The minimum Gasteiger partial charge on any atom is -0.319 e. The molecule has 0 saturated heterocycles. The molecule has 0 spiro atoms. The lowest BCUT2D eigenvalue weighted by Gasteiger charge is -2.31. The lowest BCUT2D eigenvalue weighted by Crippen LogP contribution is -2.40. The first-order chi connectivity index (χ1) is 7.80. The van der Waals surface area contributed by atoms with Gasteiger partial charge in [0.2, 0.25) is 0 Å². The molecule has 0 atom stereocenters. The maximum atomic E-state index is 6.44. The Hall–Kier alpha value is -1.49. The van der Waals surface area contributed by atoms with Crippen LogP contribution in [0.1, 0.15) is 37.9 Å². The molecule has 5 nitrogen and oxygen atoms in total. The predicted molar refractivity (Wildman–Crippen MR) is 59.7 cm³/mol. The zero-order valence-electron chi connectivity index (χ0n) is 9.13. The van der Waals surface area contributed by atoms with Crippen molar-refractivity contribution in [3.8, 4) is 0 Å². The largest absolute Gasteiger partial charge is 0.319 e. The molecular formula is C11H15N5. The molecule has 2 aromatic heterocycles. The summed E-state index contributed by atoms with van der Waals surface area (Å²) in [6, 6.07) is 1.85. The van der Waals surface area contributed by atoms with E-state index >= 15 is 0 Å². The Balaban J connectivity index is 2.11. The standard InChI is InChI=1S/C11H15N5/c12-11(5-2-1-3-6-11)10-15-14-9-4-7-13-8-16(9)10/h4,7-8H,1-3,5-6,12H2. The fraction of sp³-hybridized carbons (Fsp3) is 0.545. The van der Waals surface area contributed by atoms with Gasteiger partial charge in [0.15, 0.2) is 11.5 Å². The van der Waals surface area contributed by atoms with E-state index in [0.29, 0.717) is 0 Å². The molecule has 0 amide bonds. The SMILES string of the molecule is NC1(c2nnc3ccncn23)CCCCC1. The molecule has 84 valence electrons. The summed E-state index contributed by atoms with van der Waals surface area (Å²) in [5.41, 5.74) is 6.94. The Morgan fingerprint density at radius 3 is 2.81 bits per heavy atom. The second kappa shape index (κ2) is 3.52. The molecule has 0 aromatic carbocycles. The third-order valence-electron chi connectivity index (χ3n) is 3.41. The maximum absolute atomic E-state index is 6.44. The van der Waals surface area contributed by atoms with E-state index in [1.165, 1.54) is 19.3 Å². The van der Waals surface area contributed by atoms with Crippen molar-refractivity contribution in [2.75, 3.05) is 0 Å². The Labute approximate surface area is 93.7 Å². The van der Waals surface area contributed by atoms with E-state index in [4.69, 9.17) is 5.73 Å². The van der Waals surface area contributed by atoms with Crippen molar-refractivity contribution in [2.24, 2.45) is 5.73 Å². The molecule has 2 heterocycles. The van der Waals surface area contributed by atoms with Crippen LogP contribution in [-0.4, -0.2) is 19.6 Å². The highest BCUT2D eigenvalue weighted by Crippen LogP contribution is 2.33. The van der Waals surface area contributed by atoms with Crippen LogP contribution in [0.4, 0.5) is 0 Å². The number of fused-ring (bicyclic) bond motifs is 1. The number of nitrogens with zero attached hydrogens (tertiary/aromatic N) is 4. The topological polar surface area (TPSA) is 69.1 Å². The van der Waals surface area contributed by atoms with Crippen molar-refractivity contribution in [1.82, 2.24) is 19.6 Å². The highest BCUT2D eigenvalue weighted by molar-refractivity contribution is 5.36. The van der Waals surface area contributed by atoms with E-state index in [1.807, 2.05) is 10.5 Å². The number of aromatic nitrogens is 4. The smallest absolute Gasteiger partial charge is 0.163 e. The van der Waals surface area contributed by atoms with Gasteiger partial charge in [-0.1, -0.05) is 19.3 Å². The van der Waals surface area contributed by atoms with Gasteiger partial charge in [-0.15, -0.1) is 10.2 Å². The summed E-state index contributed by atoms with van der Waals surface area (Å²) in [6.07, 6.45) is 9.06. The number of rotatable bonds is 1. The Bertz CT molecular complexity index is 498. The van der Waals surface area contributed by atoms with E-state index in [-0.39, 0.29) is 5.54 Å². The van der Waals surface area contributed by atoms with Crippen molar-refractivity contribution in [3.05, 3.63) is 24.4 Å². The van der Waals surface area contributed by atoms with Crippen molar-refractivity contribution >= 4 is 5.65 Å².